The van der Waals surface area contributed by atoms with Gasteiger partial charge in [-0.15, -0.1) is 0 Å². The number of rotatable bonds is 2. The summed E-state index contributed by atoms with van der Waals surface area (Å²) >= 11 is 6.56. The van der Waals surface area contributed by atoms with Crippen LogP contribution >= 0.6 is 11.6 Å². The Hall–Kier alpha value is -3.08. The van der Waals surface area contributed by atoms with Crippen molar-refractivity contribution >= 4 is 29.1 Å². The molecule has 0 aliphatic carbocycles. The highest BCUT2D eigenvalue weighted by Crippen LogP contribution is 2.56. The minimum absolute atomic E-state index is 0.0186. The average Bonchev–Trinajstić information content (AvgIpc) is 3.03. The summed E-state index contributed by atoms with van der Waals surface area (Å²) in [7, 11) is 0. The Balaban J connectivity index is 2.06. The van der Waals surface area contributed by atoms with E-state index in [1.165, 1.54) is 0 Å². The number of ketones is 1. The molecule has 1 saturated heterocycles. The average molecular weight is 416 g/mol. The van der Waals surface area contributed by atoms with Crippen LogP contribution in [0, 0.1) is 33.5 Å². The number of Topliss-reactive ketones (excluding diaryl/α,β-unsaturated/α-hetero) is 1. The lowest BCUT2D eigenvalue weighted by Gasteiger charge is -2.37. The Morgan fingerprint density at radius 3 is 2.33 bits per heavy atom. The summed E-state index contributed by atoms with van der Waals surface area (Å²) in [6.45, 7) is 5.62. The van der Waals surface area contributed by atoms with Crippen LogP contribution in [0.1, 0.15) is 37.8 Å². The molecule has 1 fully saturated rings. The van der Waals surface area contributed by atoms with Gasteiger partial charge in [-0.1, -0.05) is 80.9 Å². The van der Waals surface area contributed by atoms with Gasteiger partial charge in [-0.3, -0.25) is 4.79 Å². The zero-order chi connectivity index (χ0) is 21.7. The van der Waals surface area contributed by atoms with Gasteiger partial charge in [-0.05, 0) is 23.3 Å². The van der Waals surface area contributed by atoms with Crippen LogP contribution in [0.4, 0.5) is 5.69 Å². The van der Waals surface area contributed by atoms with E-state index in [9.17, 15) is 15.3 Å². The van der Waals surface area contributed by atoms with E-state index in [1.54, 1.807) is 6.07 Å². The quantitative estimate of drug-likeness (QED) is 0.662. The number of carbonyl (C=O) groups is 1. The van der Waals surface area contributed by atoms with Crippen molar-refractivity contribution in [3.63, 3.8) is 0 Å². The molecule has 150 valence electrons. The normalized spacial score (nSPS) is 23.8. The minimum atomic E-state index is -1.46. The number of anilines is 1. The Bertz CT molecular complexity index is 1120. The second-order valence-electron chi connectivity index (χ2n) is 8.92. The number of nitriles is 2. The highest BCUT2D eigenvalue weighted by atomic mass is 35.5. The van der Waals surface area contributed by atoms with E-state index >= 15 is 0 Å². The molecule has 5 heteroatoms. The molecule has 2 aromatic rings. The molecule has 0 amide bonds. The van der Waals surface area contributed by atoms with E-state index < -0.39 is 28.8 Å². The highest BCUT2D eigenvalue weighted by molar-refractivity contribution is 6.31. The number of hydrogen-bond acceptors (Lipinski definition) is 4. The first-order chi connectivity index (χ1) is 14.3. The molecule has 30 heavy (non-hydrogen) atoms. The Kier molecular flexibility index (Phi) is 4.72. The summed E-state index contributed by atoms with van der Waals surface area (Å²) in [4.78, 5) is 15.8. The van der Waals surface area contributed by atoms with E-state index in [2.05, 4.69) is 12.1 Å². The first-order valence-electron chi connectivity index (χ1n) is 9.93. The van der Waals surface area contributed by atoms with Crippen molar-refractivity contribution in [3.8, 4) is 12.1 Å². The summed E-state index contributed by atoms with van der Waals surface area (Å²) in [5, 5.41) is 21.1. The molecule has 0 N–H and O–H groups in total. The second kappa shape index (κ2) is 7.01. The fraction of sp³-hybridized carbons (Fsp3) is 0.320. The van der Waals surface area contributed by atoms with Gasteiger partial charge < -0.3 is 4.90 Å². The molecule has 0 spiro atoms. The van der Waals surface area contributed by atoms with E-state index in [-0.39, 0.29) is 5.78 Å². The first-order valence-corrected chi connectivity index (χ1v) is 10.3. The molecule has 2 heterocycles. The van der Waals surface area contributed by atoms with Gasteiger partial charge in [0.25, 0.3) is 0 Å². The predicted molar refractivity (Wildman–Crippen MR) is 118 cm³/mol. The van der Waals surface area contributed by atoms with E-state index in [4.69, 9.17) is 11.6 Å². The lowest BCUT2D eigenvalue weighted by molar-refractivity contribution is -0.127. The Labute approximate surface area is 182 Å². The Morgan fingerprint density at radius 1 is 1.07 bits per heavy atom. The zero-order valence-electron chi connectivity index (χ0n) is 17.1. The van der Waals surface area contributed by atoms with E-state index in [0.29, 0.717) is 10.6 Å². The molecule has 0 radical (unpaired) electrons. The van der Waals surface area contributed by atoms with Gasteiger partial charge in [-0.25, -0.2) is 0 Å². The van der Waals surface area contributed by atoms with Crippen molar-refractivity contribution in [1.29, 1.82) is 10.5 Å². The summed E-state index contributed by atoms with van der Waals surface area (Å²) < 4.78 is 0. The molecule has 0 unspecified atom stereocenters. The zero-order valence-corrected chi connectivity index (χ0v) is 17.9. The van der Waals surface area contributed by atoms with Crippen molar-refractivity contribution in [1.82, 2.24) is 0 Å². The SMILES string of the molecule is CC(C)(C)C(=O)[C@H]1[C@@H](c2ccccc2Cl)C(C#N)(C#N)[C@H]2C=Cc3ccccc3N12. The van der Waals surface area contributed by atoms with Crippen LogP contribution in [0.15, 0.2) is 54.6 Å². The van der Waals surface area contributed by atoms with Crippen molar-refractivity contribution in [3.05, 3.63) is 70.8 Å². The van der Waals surface area contributed by atoms with Gasteiger partial charge >= 0.3 is 0 Å². The maximum atomic E-state index is 13.8. The van der Waals surface area contributed by atoms with Crippen molar-refractivity contribution < 1.29 is 4.79 Å². The largest absolute Gasteiger partial charge is 0.351 e. The summed E-state index contributed by atoms with van der Waals surface area (Å²) in [6.07, 6.45) is 3.82. The number of halogens is 1. The van der Waals surface area contributed by atoms with Crippen LogP contribution < -0.4 is 4.90 Å². The maximum Gasteiger partial charge on any atom is 0.176 e. The molecule has 3 atom stereocenters. The van der Waals surface area contributed by atoms with Gasteiger partial charge in [0.15, 0.2) is 11.2 Å². The van der Waals surface area contributed by atoms with Crippen molar-refractivity contribution in [2.24, 2.45) is 10.8 Å². The number of para-hydroxylation sites is 1. The molecule has 0 saturated carbocycles. The molecule has 2 aliphatic rings. The van der Waals surface area contributed by atoms with E-state index in [1.807, 2.05) is 80.3 Å². The number of benzene rings is 2. The standard InChI is InChI=1S/C25H22ClN3O/c1-24(2,3)23(30)22-21(17-9-5-6-10-18(17)26)25(14-27,15-28)20-13-12-16-8-4-7-11-19(16)29(20)22/h4-13,20-22H,1-3H3/t20-,21-,22-/m1/s1. The molecule has 4 nitrogen and oxygen atoms in total. The molecule has 4 rings (SSSR count). The van der Waals surface area contributed by atoms with Crippen molar-refractivity contribution in [2.45, 2.75) is 38.8 Å². The molecular weight excluding hydrogens is 394 g/mol. The summed E-state index contributed by atoms with van der Waals surface area (Å²) in [6, 6.07) is 18.4. The smallest absolute Gasteiger partial charge is 0.176 e. The second-order valence-corrected chi connectivity index (χ2v) is 9.33. The molecule has 0 bridgehead atoms. The lowest BCUT2D eigenvalue weighted by Crippen LogP contribution is -2.47. The summed E-state index contributed by atoms with van der Waals surface area (Å²) in [5.41, 5.74) is 0.360. The van der Waals surface area contributed by atoms with Crippen LogP contribution in [-0.4, -0.2) is 17.9 Å². The third kappa shape index (κ3) is 2.76. The van der Waals surface area contributed by atoms with Crippen LogP contribution in [0.3, 0.4) is 0 Å². The number of carbonyl (C=O) groups excluding carboxylic acids is 1. The minimum Gasteiger partial charge on any atom is -0.351 e. The van der Waals surface area contributed by atoms with Crippen LogP contribution in [0.5, 0.6) is 0 Å². The lowest BCUT2D eigenvalue weighted by atomic mass is 9.67. The van der Waals surface area contributed by atoms with Gasteiger partial charge in [-0.2, -0.15) is 10.5 Å². The van der Waals surface area contributed by atoms with E-state index in [0.717, 1.165) is 11.3 Å². The van der Waals surface area contributed by atoms with Gasteiger partial charge in [0.1, 0.15) is 0 Å². The maximum absolute atomic E-state index is 13.8. The predicted octanol–water partition coefficient (Wildman–Crippen LogP) is 5.36. The van der Waals surface area contributed by atoms with Gasteiger partial charge in [0.05, 0.1) is 24.2 Å². The van der Waals surface area contributed by atoms with Gasteiger partial charge in [0.2, 0.25) is 0 Å². The fourth-order valence-electron chi connectivity index (χ4n) is 4.75. The first kappa shape index (κ1) is 20.2. The third-order valence-corrected chi connectivity index (χ3v) is 6.51. The van der Waals surface area contributed by atoms with Crippen molar-refractivity contribution in [2.75, 3.05) is 4.90 Å². The molecular formula is C25H22ClN3O. The highest BCUT2D eigenvalue weighted by Gasteiger charge is 2.64. The van der Waals surface area contributed by atoms with Gasteiger partial charge in [0, 0.05) is 22.0 Å². The fourth-order valence-corrected chi connectivity index (χ4v) is 5.00. The molecule has 0 aromatic heterocycles. The number of hydrogen-bond donors (Lipinski definition) is 0. The van der Waals surface area contributed by atoms with Crippen LogP contribution in [0.2, 0.25) is 5.02 Å². The molecule has 2 aromatic carbocycles. The number of nitrogens with zero attached hydrogens (tertiary/aromatic N) is 3. The monoisotopic (exact) mass is 415 g/mol. The summed E-state index contributed by atoms with van der Waals surface area (Å²) in [5.74, 6) is -0.705. The number of fused-ring (bicyclic) bond motifs is 3. The topological polar surface area (TPSA) is 67.9 Å². The Morgan fingerprint density at radius 2 is 1.70 bits per heavy atom. The molecule has 2 aliphatic heterocycles. The van der Waals surface area contributed by atoms with Crippen LogP contribution in [-0.2, 0) is 4.79 Å². The van der Waals surface area contributed by atoms with Crippen LogP contribution in [0.25, 0.3) is 6.08 Å². The third-order valence-electron chi connectivity index (χ3n) is 6.16.